The molecule has 0 radical (unpaired) electrons. The minimum absolute atomic E-state index is 0.0779. The lowest BCUT2D eigenvalue weighted by atomic mass is 10.1. The van der Waals surface area contributed by atoms with Crippen LogP contribution in [0.2, 0.25) is 0 Å². The summed E-state index contributed by atoms with van der Waals surface area (Å²) in [6.07, 6.45) is 4.22. The topological polar surface area (TPSA) is 116 Å². The Kier molecular flexibility index (Phi) is 5.06. The number of hydrogen-bond donors (Lipinski definition) is 1. The van der Waals surface area contributed by atoms with E-state index in [0.29, 0.717) is 18.5 Å². The lowest BCUT2D eigenvalue weighted by Crippen LogP contribution is -2.40. The summed E-state index contributed by atoms with van der Waals surface area (Å²) in [6, 6.07) is 8.20. The largest absolute Gasteiger partial charge is 0.478 e. The number of hydrogen-bond acceptors (Lipinski definition) is 5. The van der Waals surface area contributed by atoms with Crippen LogP contribution in [0, 0.1) is 11.3 Å². The van der Waals surface area contributed by atoms with E-state index in [-0.39, 0.29) is 29.5 Å². The second kappa shape index (κ2) is 7.27. The third-order valence-corrected chi connectivity index (χ3v) is 6.26. The average molecular weight is 374 g/mol. The van der Waals surface area contributed by atoms with E-state index in [1.54, 1.807) is 12.1 Å². The SMILES string of the molecule is N#CCc1cccc(S(=O)(=O)N2CCCC(n3cc(C(=O)O)cn3)C2)c1. The van der Waals surface area contributed by atoms with Crippen molar-refractivity contribution in [2.24, 2.45) is 0 Å². The number of carboxylic acid groups (broad SMARTS) is 1. The van der Waals surface area contributed by atoms with E-state index in [9.17, 15) is 13.2 Å². The van der Waals surface area contributed by atoms with E-state index in [2.05, 4.69) is 5.10 Å². The molecule has 1 fully saturated rings. The second-order valence-electron chi connectivity index (χ2n) is 6.16. The lowest BCUT2D eigenvalue weighted by Gasteiger charge is -2.32. The number of aromatic nitrogens is 2. The first-order valence-corrected chi connectivity index (χ1v) is 9.59. The van der Waals surface area contributed by atoms with Gasteiger partial charge in [-0.05, 0) is 30.5 Å². The van der Waals surface area contributed by atoms with Crippen LogP contribution in [0.5, 0.6) is 0 Å². The van der Waals surface area contributed by atoms with Crippen molar-refractivity contribution in [3.8, 4) is 6.07 Å². The minimum Gasteiger partial charge on any atom is -0.478 e. The first kappa shape index (κ1) is 18.1. The Morgan fingerprint density at radius 2 is 2.23 bits per heavy atom. The predicted octanol–water partition coefficient (Wildman–Crippen LogP) is 1.67. The van der Waals surface area contributed by atoms with Crippen molar-refractivity contribution in [1.29, 1.82) is 5.26 Å². The molecule has 0 spiro atoms. The standard InChI is InChI=1S/C17H18N4O4S/c18-7-6-13-3-1-5-16(9-13)26(24,25)20-8-2-4-15(12-20)21-11-14(10-19-21)17(22)23/h1,3,5,9-11,15H,2,4,6,8,12H2,(H,22,23). The van der Waals surface area contributed by atoms with Gasteiger partial charge in [-0.1, -0.05) is 12.1 Å². The Morgan fingerprint density at radius 3 is 2.92 bits per heavy atom. The van der Waals surface area contributed by atoms with Crippen LogP contribution in [-0.4, -0.2) is 46.7 Å². The van der Waals surface area contributed by atoms with Crippen molar-refractivity contribution in [3.05, 3.63) is 47.8 Å². The number of carboxylic acids is 1. The molecular formula is C17H18N4O4S. The first-order valence-electron chi connectivity index (χ1n) is 8.15. The zero-order valence-corrected chi connectivity index (χ0v) is 14.8. The average Bonchev–Trinajstić information content (AvgIpc) is 3.13. The van der Waals surface area contributed by atoms with Gasteiger partial charge in [0, 0.05) is 19.3 Å². The zero-order chi connectivity index (χ0) is 18.7. The van der Waals surface area contributed by atoms with Crippen molar-refractivity contribution < 1.29 is 18.3 Å². The summed E-state index contributed by atoms with van der Waals surface area (Å²) in [4.78, 5) is 11.2. The molecular weight excluding hydrogens is 356 g/mol. The predicted molar refractivity (Wildman–Crippen MR) is 92.0 cm³/mol. The number of nitrogens with zero attached hydrogens (tertiary/aromatic N) is 4. The normalized spacial score (nSPS) is 18.3. The molecule has 2 heterocycles. The van der Waals surface area contributed by atoms with E-state index >= 15 is 0 Å². The third-order valence-electron chi connectivity index (χ3n) is 4.40. The molecule has 3 rings (SSSR count). The Bertz CT molecular complexity index is 961. The van der Waals surface area contributed by atoms with Crippen LogP contribution in [0.25, 0.3) is 0 Å². The highest BCUT2D eigenvalue weighted by Crippen LogP contribution is 2.27. The van der Waals surface area contributed by atoms with Gasteiger partial charge in [0.1, 0.15) is 0 Å². The van der Waals surface area contributed by atoms with Crippen LogP contribution in [0.1, 0.15) is 34.8 Å². The lowest BCUT2D eigenvalue weighted by molar-refractivity contribution is 0.0696. The fourth-order valence-corrected chi connectivity index (χ4v) is 4.65. The van der Waals surface area contributed by atoms with Gasteiger partial charge in [-0.2, -0.15) is 14.7 Å². The molecule has 1 atom stereocenters. The van der Waals surface area contributed by atoms with Gasteiger partial charge < -0.3 is 5.11 Å². The Labute approximate surface area is 151 Å². The Balaban J connectivity index is 1.82. The van der Waals surface area contributed by atoms with Crippen molar-refractivity contribution >= 4 is 16.0 Å². The first-order chi connectivity index (χ1) is 12.4. The van der Waals surface area contributed by atoms with E-state index in [1.165, 1.54) is 33.5 Å². The number of carbonyl (C=O) groups is 1. The van der Waals surface area contributed by atoms with Crippen LogP contribution in [0.4, 0.5) is 0 Å². The molecule has 1 aliphatic rings. The van der Waals surface area contributed by atoms with Gasteiger partial charge in [0.15, 0.2) is 0 Å². The highest BCUT2D eigenvalue weighted by atomic mass is 32.2. The van der Waals surface area contributed by atoms with Gasteiger partial charge in [0.05, 0.1) is 35.2 Å². The molecule has 1 aromatic carbocycles. The quantitative estimate of drug-likeness (QED) is 0.851. The number of piperidine rings is 1. The molecule has 1 saturated heterocycles. The summed E-state index contributed by atoms with van der Waals surface area (Å²) < 4.78 is 28.8. The molecule has 8 nitrogen and oxygen atoms in total. The maximum Gasteiger partial charge on any atom is 0.338 e. The molecule has 9 heteroatoms. The highest BCUT2D eigenvalue weighted by Gasteiger charge is 2.31. The monoisotopic (exact) mass is 374 g/mol. The molecule has 1 aromatic heterocycles. The minimum atomic E-state index is -3.69. The van der Waals surface area contributed by atoms with Gasteiger partial charge >= 0.3 is 5.97 Å². The molecule has 136 valence electrons. The maximum atomic E-state index is 13.0. The van der Waals surface area contributed by atoms with Gasteiger partial charge in [-0.3, -0.25) is 4.68 Å². The number of benzene rings is 1. The Hall–Kier alpha value is -2.70. The Morgan fingerprint density at radius 1 is 1.42 bits per heavy atom. The summed E-state index contributed by atoms with van der Waals surface area (Å²) in [7, 11) is -3.69. The molecule has 0 saturated carbocycles. The zero-order valence-electron chi connectivity index (χ0n) is 13.9. The van der Waals surface area contributed by atoms with Crippen LogP contribution in [-0.2, 0) is 16.4 Å². The van der Waals surface area contributed by atoms with Crippen molar-refractivity contribution in [2.75, 3.05) is 13.1 Å². The van der Waals surface area contributed by atoms with Crippen LogP contribution >= 0.6 is 0 Å². The summed E-state index contributed by atoms with van der Waals surface area (Å²) in [5, 5.41) is 21.9. The number of aromatic carboxylic acids is 1. The molecule has 0 amide bonds. The fourth-order valence-electron chi connectivity index (χ4n) is 3.06. The molecule has 1 N–H and O–H groups in total. The van der Waals surface area contributed by atoms with E-state index in [1.807, 2.05) is 6.07 Å². The van der Waals surface area contributed by atoms with Gasteiger partial charge in [0.2, 0.25) is 10.0 Å². The molecule has 2 aromatic rings. The van der Waals surface area contributed by atoms with Crippen LogP contribution in [0.3, 0.4) is 0 Å². The van der Waals surface area contributed by atoms with Crippen molar-refractivity contribution in [2.45, 2.75) is 30.2 Å². The van der Waals surface area contributed by atoms with E-state index in [4.69, 9.17) is 10.4 Å². The number of nitriles is 1. The molecule has 0 bridgehead atoms. The van der Waals surface area contributed by atoms with Crippen molar-refractivity contribution in [1.82, 2.24) is 14.1 Å². The number of rotatable bonds is 5. The molecule has 0 aliphatic carbocycles. The van der Waals surface area contributed by atoms with Crippen molar-refractivity contribution in [3.63, 3.8) is 0 Å². The third kappa shape index (κ3) is 3.61. The molecule has 1 aliphatic heterocycles. The smallest absolute Gasteiger partial charge is 0.338 e. The van der Waals surface area contributed by atoms with E-state index < -0.39 is 16.0 Å². The number of sulfonamides is 1. The molecule has 1 unspecified atom stereocenters. The summed E-state index contributed by atoms with van der Waals surface area (Å²) >= 11 is 0. The highest BCUT2D eigenvalue weighted by molar-refractivity contribution is 7.89. The van der Waals surface area contributed by atoms with Gasteiger partial charge in [-0.15, -0.1) is 0 Å². The van der Waals surface area contributed by atoms with Gasteiger partial charge in [0.25, 0.3) is 0 Å². The summed E-state index contributed by atoms with van der Waals surface area (Å²) in [5.41, 5.74) is 0.731. The summed E-state index contributed by atoms with van der Waals surface area (Å²) in [6.45, 7) is 0.625. The van der Waals surface area contributed by atoms with Crippen LogP contribution < -0.4 is 0 Å². The van der Waals surface area contributed by atoms with E-state index in [0.717, 1.165) is 6.42 Å². The van der Waals surface area contributed by atoms with Gasteiger partial charge in [-0.25, -0.2) is 13.2 Å². The molecule has 26 heavy (non-hydrogen) atoms. The van der Waals surface area contributed by atoms with Crippen LogP contribution in [0.15, 0.2) is 41.6 Å². The maximum absolute atomic E-state index is 13.0. The fraction of sp³-hybridized carbons (Fsp3) is 0.353. The second-order valence-corrected chi connectivity index (χ2v) is 8.09. The summed E-state index contributed by atoms with van der Waals surface area (Å²) in [5.74, 6) is -1.06.